The summed E-state index contributed by atoms with van der Waals surface area (Å²) >= 11 is 7.58. The van der Waals surface area contributed by atoms with Gasteiger partial charge < -0.3 is 10.2 Å². The van der Waals surface area contributed by atoms with Crippen molar-refractivity contribution >= 4 is 28.8 Å². The fourth-order valence-electron chi connectivity index (χ4n) is 2.30. The molecule has 0 atom stereocenters. The first kappa shape index (κ1) is 15.8. The molecule has 0 radical (unpaired) electrons. The number of piperazine rings is 1. The van der Waals surface area contributed by atoms with Gasteiger partial charge >= 0.3 is 0 Å². The molecule has 1 fully saturated rings. The lowest BCUT2D eigenvalue weighted by molar-refractivity contribution is -0.132. The van der Waals surface area contributed by atoms with E-state index in [0.717, 1.165) is 50.0 Å². The second-order valence-electron chi connectivity index (χ2n) is 5.04. The van der Waals surface area contributed by atoms with Gasteiger partial charge in [0, 0.05) is 37.6 Å². The van der Waals surface area contributed by atoms with Crippen molar-refractivity contribution in [2.24, 2.45) is 0 Å². The van der Waals surface area contributed by atoms with E-state index in [2.05, 4.69) is 23.2 Å². The molecule has 2 rings (SSSR count). The zero-order valence-electron chi connectivity index (χ0n) is 11.9. The van der Waals surface area contributed by atoms with Crippen molar-refractivity contribution in [3.63, 3.8) is 0 Å². The lowest BCUT2D eigenvalue weighted by Crippen LogP contribution is -2.50. The Morgan fingerprint density at radius 1 is 1.35 bits per heavy atom. The predicted molar refractivity (Wildman–Crippen MR) is 84.3 cm³/mol. The van der Waals surface area contributed by atoms with Crippen LogP contribution in [0.15, 0.2) is 12.1 Å². The SMILES string of the molecule is CCCNCC(=O)N1CCN(Cc2ccc(Cl)s2)CC1. The molecular formula is C14H22ClN3OS. The van der Waals surface area contributed by atoms with Crippen molar-refractivity contribution in [1.29, 1.82) is 0 Å². The van der Waals surface area contributed by atoms with E-state index < -0.39 is 0 Å². The maximum Gasteiger partial charge on any atom is 0.236 e. The predicted octanol–water partition coefficient (Wildman–Crippen LogP) is 2.05. The Labute approximate surface area is 129 Å². The van der Waals surface area contributed by atoms with Crippen LogP contribution in [0.5, 0.6) is 0 Å². The van der Waals surface area contributed by atoms with Gasteiger partial charge in [-0.1, -0.05) is 18.5 Å². The molecule has 1 aliphatic heterocycles. The van der Waals surface area contributed by atoms with E-state index in [0.29, 0.717) is 6.54 Å². The van der Waals surface area contributed by atoms with Gasteiger partial charge in [-0.2, -0.15) is 0 Å². The summed E-state index contributed by atoms with van der Waals surface area (Å²) < 4.78 is 0.843. The summed E-state index contributed by atoms with van der Waals surface area (Å²) in [4.78, 5) is 17.6. The summed E-state index contributed by atoms with van der Waals surface area (Å²) in [5.74, 6) is 0.220. The number of rotatable bonds is 6. The third-order valence-electron chi connectivity index (χ3n) is 3.44. The molecule has 1 amide bonds. The van der Waals surface area contributed by atoms with Gasteiger partial charge in [-0.15, -0.1) is 11.3 Å². The minimum Gasteiger partial charge on any atom is -0.339 e. The molecule has 0 aromatic carbocycles. The second-order valence-corrected chi connectivity index (χ2v) is 6.84. The van der Waals surface area contributed by atoms with Gasteiger partial charge in [-0.05, 0) is 25.1 Å². The average Bonchev–Trinajstić information content (AvgIpc) is 2.85. The molecule has 1 aliphatic rings. The van der Waals surface area contributed by atoms with Crippen LogP contribution in [0.2, 0.25) is 4.34 Å². The van der Waals surface area contributed by atoms with E-state index in [4.69, 9.17) is 11.6 Å². The van der Waals surface area contributed by atoms with Crippen molar-refractivity contribution in [3.8, 4) is 0 Å². The van der Waals surface area contributed by atoms with E-state index in [9.17, 15) is 4.79 Å². The molecule has 1 N–H and O–H groups in total. The number of nitrogens with zero attached hydrogens (tertiary/aromatic N) is 2. The maximum atomic E-state index is 12.0. The van der Waals surface area contributed by atoms with E-state index >= 15 is 0 Å². The van der Waals surface area contributed by atoms with Crippen LogP contribution in [0.1, 0.15) is 18.2 Å². The number of thiophene rings is 1. The van der Waals surface area contributed by atoms with Gasteiger partial charge in [-0.3, -0.25) is 9.69 Å². The van der Waals surface area contributed by atoms with Gasteiger partial charge in [0.25, 0.3) is 0 Å². The number of carbonyl (C=O) groups excluding carboxylic acids is 1. The van der Waals surface area contributed by atoms with Gasteiger partial charge in [0.05, 0.1) is 10.9 Å². The van der Waals surface area contributed by atoms with Gasteiger partial charge in [-0.25, -0.2) is 0 Å². The Bertz CT molecular complexity index is 430. The zero-order chi connectivity index (χ0) is 14.4. The first-order valence-corrected chi connectivity index (χ1v) is 8.33. The van der Waals surface area contributed by atoms with Crippen LogP contribution < -0.4 is 5.32 Å². The molecule has 4 nitrogen and oxygen atoms in total. The normalized spacial score (nSPS) is 16.6. The molecule has 0 spiro atoms. The third kappa shape index (κ3) is 4.74. The van der Waals surface area contributed by atoms with Gasteiger partial charge in [0.1, 0.15) is 0 Å². The Balaban J connectivity index is 1.70. The molecular weight excluding hydrogens is 294 g/mol. The minimum absolute atomic E-state index is 0.220. The molecule has 1 saturated heterocycles. The highest BCUT2D eigenvalue weighted by Crippen LogP contribution is 2.23. The highest BCUT2D eigenvalue weighted by molar-refractivity contribution is 7.16. The standard InChI is InChI=1S/C14H22ClN3OS/c1-2-5-16-10-14(19)18-8-6-17(7-9-18)11-12-3-4-13(15)20-12/h3-4,16H,2,5-11H2,1H3. The number of hydrogen-bond acceptors (Lipinski definition) is 4. The number of carbonyl (C=O) groups is 1. The van der Waals surface area contributed by atoms with Crippen molar-refractivity contribution < 1.29 is 4.79 Å². The van der Waals surface area contributed by atoms with E-state index in [1.54, 1.807) is 11.3 Å². The average molecular weight is 316 g/mol. The molecule has 6 heteroatoms. The van der Waals surface area contributed by atoms with Crippen molar-refractivity contribution in [3.05, 3.63) is 21.3 Å². The number of amides is 1. The van der Waals surface area contributed by atoms with Crippen LogP contribution in [-0.4, -0.2) is 55.0 Å². The summed E-state index contributed by atoms with van der Waals surface area (Å²) in [5.41, 5.74) is 0. The summed E-state index contributed by atoms with van der Waals surface area (Å²) in [6.07, 6.45) is 1.06. The summed E-state index contributed by atoms with van der Waals surface area (Å²) in [5, 5.41) is 3.17. The van der Waals surface area contributed by atoms with Crippen LogP contribution in [0.25, 0.3) is 0 Å². The molecule has 20 heavy (non-hydrogen) atoms. The van der Waals surface area contributed by atoms with Gasteiger partial charge in [0.2, 0.25) is 5.91 Å². The lowest BCUT2D eigenvalue weighted by Gasteiger charge is -2.34. The molecule has 0 unspecified atom stereocenters. The molecule has 2 heterocycles. The third-order valence-corrected chi connectivity index (χ3v) is 4.65. The first-order chi connectivity index (χ1) is 9.69. The summed E-state index contributed by atoms with van der Waals surface area (Å²) in [6.45, 7) is 7.95. The molecule has 112 valence electrons. The quantitative estimate of drug-likeness (QED) is 0.816. The fraction of sp³-hybridized carbons (Fsp3) is 0.643. The van der Waals surface area contributed by atoms with Crippen molar-refractivity contribution in [2.75, 3.05) is 39.3 Å². The second kappa shape index (κ2) is 7.98. The number of nitrogens with one attached hydrogen (secondary N) is 1. The summed E-state index contributed by atoms with van der Waals surface area (Å²) in [7, 11) is 0. The lowest BCUT2D eigenvalue weighted by atomic mass is 10.3. The molecule has 1 aromatic heterocycles. The monoisotopic (exact) mass is 315 g/mol. The van der Waals surface area contributed by atoms with E-state index in [1.807, 2.05) is 11.0 Å². The first-order valence-electron chi connectivity index (χ1n) is 7.14. The van der Waals surface area contributed by atoms with Crippen LogP contribution in [0.3, 0.4) is 0 Å². The Hall–Kier alpha value is -0.620. The highest BCUT2D eigenvalue weighted by Gasteiger charge is 2.20. The molecule has 0 saturated carbocycles. The topological polar surface area (TPSA) is 35.6 Å². The van der Waals surface area contributed by atoms with Crippen molar-refractivity contribution in [1.82, 2.24) is 15.1 Å². The molecule has 0 bridgehead atoms. The Morgan fingerprint density at radius 3 is 2.70 bits per heavy atom. The smallest absolute Gasteiger partial charge is 0.236 e. The largest absolute Gasteiger partial charge is 0.339 e. The minimum atomic E-state index is 0.220. The van der Waals surface area contributed by atoms with Crippen LogP contribution in [0.4, 0.5) is 0 Å². The van der Waals surface area contributed by atoms with E-state index in [-0.39, 0.29) is 5.91 Å². The Kier molecular flexibility index (Phi) is 6.29. The Morgan fingerprint density at radius 2 is 2.10 bits per heavy atom. The van der Waals surface area contributed by atoms with Crippen LogP contribution >= 0.6 is 22.9 Å². The number of halogens is 1. The highest BCUT2D eigenvalue weighted by atomic mass is 35.5. The zero-order valence-corrected chi connectivity index (χ0v) is 13.5. The maximum absolute atomic E-state index is 12.0. The van der Waals surface area contributed by atoms with Crippen molar-refractivity contribution in [2.45, 2.75) is 19.9 Å². The van der Waals surface area contributed by atoms with Crippen LogP contribution in [0, 0.1) is 0 Å². The summed E-state index contributed by atoms with van der Waals surface area (Å²) in [6, 6.07) is 4.03. The molecule has 1 aromatic rings. The van der Waals surface area contributed by atoms with Gasteiger partial charge in [0.15, 0.2) is 0 Å². The number of hydrogen-bond donors (Lipinski definition) is 1. The molecule has 0 aliphatic carbocycles. The fourth-order valence-corrected chi connectivity index (χ4v) is 3.43. The van der Waals surface area contributed by atoms with Crippen LogP contribution in [-0.2, 0) is 11.3 Å². The van der Waals surface area contributed by atoms with E-state index in [1.165, 1.54) is 4.88 Å².